The van der Waals surface area contributed by atoms with Gasteiger partial charge in [-0.15, -0.1) is 0 Å². The molecule has 0 fully saturated rings. The molecule has 1 heterocycles. The molecule has 3 rings (SSSR count). The average Bonchev–Trinajstić information content (AvgIpc) is 2.72. The third-order valence-electron chi connectivity index (χ3n) is 3.07. The van der Waals surface area contributed by atoms with E-state index in [2.05, 4.69) is 15.3 Å². The molecular formula is C13H11F2N3. The summed E-state index contributed by atoms with van der Waals surface area (Å²) < 4.78 is 26.2. The summed E-state index contributed by atoms with van der Waals surface area (Å²) in [7, 11) is 0. The van der Waals surface area contributed by atoms with Gasteiger partial charge in [0, 0.05) is 18.4 Å². The number of anilines is 1. The van der Waals surface area contributed by atoms with E-state index in [1.165, 1.54) is 12.1 Å². The van der Waals surface area contributed by atoms with Crippen molar-refractivity contribution in [2.24, 2.45) is 0 Å². The Balaban J connectivity index is 1.77. The number of hydrogen-bond acceptors (Lipinski definition) is 3. The van der Waals surface area contributed by atoms with Gasteiger partial charge in [0.2, 0.25) is 5.95 Å². The van der Waals surface area contributed by atoms with Gasteiger partial charge in [-0.05, 0) is 42.2 Å². The topological polar surface area (TPSA) is 37.8 Å². The molecule has 0 bridgehead atoms. The molecule has 92 valence electrons. The van der Waals surface area contributed by atoms with E-state index in [1.54, 1.807) is 18.5 Å². The fraction of sp³-hybridized carbons (Fsp3) is 0.231. The fourth-order valence-corrected chi connectivity index (χ4v) is 2.27. The highest BCUT2D eigenvalue weighted by Gasteiger charge is 2.23. The molecule has 18 heavy (non-hydrogen) atoms. The Hall–Kier alpha value is -2.04. The van der Waals surface area contributed by atoms with Gasteiger partial charge in [-0.2, -0.15) is 0 Å². The molecule has 0 saturated heterocycles. The van der Waals surface area contributed by atoms with Gasteiger partial charge in [0.15, 0.2) is 11.6 Å². The summed E-state index contributed by atoms with van der Waals surface area (Å²) in [6.45, 7) is 0. The maximum Gasteiger partial charge on any atom is 0.222 e. The van der Waals surface area contributed by atoms with Crippen molar-refractivity contribution in [3.05, 3.63) is 53.4 Å². The van der Waals surface area contributed by atoms with Crippen molar-refractivity contribution < 1.29 is 8.78 Å². The molecule has 3 nitrogen and oxygen atoms in total. The molecule has 1 aromatic carbocycles. The van der Waals surface area contributed by atoms with Crippen molar-refractivity contribution in [1.29, 1.82) is 0 Å². The van der Waals surface area contributed by atoms with Crippen molar-refractivity contribution in [2.45, 2.75) is 18.9 Å². The second-order valence-corrected chi connectivity index (χ2v) is 4.36. The number of nitrogens with zero attached hydrogens (tertiary/aromatic N) is 2. The summed E-state index contributed by atoms with van der Waals surface area (Å²) in [4.78, 5) is 8.14. The molecule has 1 N–H and O–H groups in total. The summed E-state index contributed by atoms with van der Waals surface area (Å²) in [6.07, 6.45) is 4.61. The largest absolute Gasteiger partial charge is 0.351 e. The third kappa shape index (κ3) is 2.03. The van der Waals surface area contributed by atoms with Crippen LogP contribution in [0.25, 0.3) is 0 Å². The van der Waals surface area contributed by atoms with Gasteiger partial charge in [0.25, 0.3) is 0 Å². The van der Waals surface area contributed by atoms with Crippen LogP contribution >= 0.6 is 0 Å². The summed E-state index contributed by atoms with van der Waals surface area (Å²) in [5, 5.41) is 3.16. The Morgan fingerprint density at radius 1 is 1.00 bits per heavy atom. The lowest BCUT2D eigenvalue weighted by atomic mass is 10.1. The SMILES string of the molecule is Fc1cc2c(cc1F)CC(Nc1ncccn1)C2. The minimum Gasteiger partial charge on any atom is -0.351 e. The zero-order valence-corrected chi connectivity index (χ0v) is 9.53. The quantitative estimate of drug-likeness (QED) is 0.885. The molecule has 1 aliphatic rings. The maximum atomic E-state index is 13.1. The van der Waals surface area contributed by atoms with E-state index in [0.29, 0.717) is 18.8 Å². The highest BCUT2D eigenvalue weighted by atomic mass is 19.2. The fourth-order valence-electron chi connectivity index (χ4n) is 2.27. The van der Waals surface area contributed by atoms with Gasteiger partial charge >= 0.3 is 0 Å². The van der Waals surface area contributed by atoms with Gasteiger partial charge in [-0.3, -0.25) is 0 Å². The summed E-state index contributed by atoms with van der Waals surface area (Å²) >= 11 is 0. The first-order valence-corrected chi connectivity index (χ1v) is 5.73. The number of benzene rings is 1. The zero-order valence-electron chi connectivity index (χ0n) is 9.53. The van der Waals surface area contributed by atoms with Crippen molar-refractivity contribution in [3.8, 4) is 0 Å². The van der Waals surface area contributed by atoms with Crippen LogP contribution in [0.5, 0.6) is 0 Å². The molecule has 0 unspecified atom stereocenters. The lowest BCUT2D eigenvalue weighted by Gasteiger charge is -2.10. The van der Waals surface area contributed by atoms with Crippen molar-refractivity contribution >= 4 is 5.95 Å². The number of aromatic nitrogens is 2. The van der Waals surface area contributed by atoms with E-state index in [0.717, 1.165) is 11.1 Å². The van der Waals surface area contributed by atoms with Crippen LogP contribution in [0.15, 0.2) is 30.6 Å². The molecule has 0 saturated carbocycles. The molecule has 0 spiro atoms. The van der Waals surface area contributed by atoms with Gasteiger partial charge in [0.05, 0.1) is 0 Å². The lowest BCUT2D eigenvalue weighted by molar-refractivity contribution is 0.507. The van der Waals surface area contributed by atoms with Crippen LogP contribution in [0.2, 0.25) is 0 Å². The van der Waals surface area contributed by atoms with E-state index in [9.17, 15) is 8.78 Å². The van der Waals surface area contributed by atoms with E-state index >= 15 is 0 Å². The molecule has 0 amide bonds. The molecule has 2 aromatic rings. The molecular weight excluding hydrogens is 236 g/mol. The van der Waals surface area contributed by atoms with E-state index < -0.39 is 11.6 Å². The standard InChI is InChI=1S/C13H11F2N3/c14-11-6-8-4-10(5-9(8)7-12(11)15)18-13-16-2-1-3-17-13/h1-3,6-7,10H,4-5H2,(H,16,17,18). The molecule has 1 aliphatic carbocycles. The van der Waals surface area contributed by atoms with Gasteiger partial charge < -0.3 is 5.32 Å². The number of nitrogens with one attached hydrogen (secondary N) is 1. The van der Waals surface area contributed by atoms with Crippen LogP contribution in [0.4, 0.5) is 14.7 Å². The van der Waals surface area contributed by atoms with Crippen LogP contribution < -0.4 is 5.32 Å². The Bertz CT molecular complexity index is 541. The van der Waals surface area contributed by atoms with Crippen molar-refractivity contribution in [2.75, 3.05) is 5.32 Å². The third-order valence-corrected chi connectivity index (χ3v) is 3.07. The highest BCUT2D eigenvalue weighted by Crippen LogP contribution is 2.26. The summed E-state index contributed by atoms with van der Waals surface area (Å²) in [6, 6.07) is 4.37. The van der Waals surface area contributed by atoms with Crippen LogP contribution in [0.3, 0.4) is 0 Å². The van der Waals surface area contributed by atoms with Crippen molar-refractivity contribution in [1.82, 2.24) is 9.97 Å². The van der Waals surface area contributed by atoms with E-state index in [4.69, 9.17) is 0 Å². The monoisotopic (exact) mass is 247 g/mol. The molecule has 1 aromatic heterocycles. The molecule has 0 atom stereocenters. The zero-order chi connectivity index (χ0) is 12.5. The Labute approximate surface area is 103 Å². The minimum atomic E-state index is -0.787. The van der Waals surface area contributed by atoms with Gasteiger partial charge in [-0.1, -0.05) is 0 Å². The smallest absolute Gasteiger partial charge is 0.222 e. The summed E-state index contributed by atoms with van der Waals surface area (Å²) in [5.74, 6) is -1.04. The highest BCUT2D eigenvalue weighted by molar-refractivity contribution is 5.38. The second-order valence-electron chi connectivity index (χ2n) is 4.36. The summed E-state index contributed by atoms with van der Waals surface area (Å²) in [5.41, 5.74) is 1.70. The first-order valence-electron chi connectivity index (χ1n) is 5.73. The Morgan fingerprint density at radius 2 is 1.56 bits per heavy atom. The number of fused-ring (bicyclic) bond motifs is 1. The molecule has 5 heteroatoms. The van der Waals surface area contributed by atoms with Gasteiger partial charge in [-0.25, -0.2) is 18.7 Å². The molecule has 0 radical (unpaired) electrons. The number of rotatable bonds is 2. The number of halogens is 2. The van der Waals surface area contributed by atoms with Crippen LogP contribution in [-0.4, -0.2) is 16.0 Å². The van der Waals surface area contributed by atoms with Gasteiger partial charge in [0.1, 0.15) is 0 Å². The first-order chi connectivity index (χ1) is 8.72. The Morgan fingerprint density at radius 3 is 2.11 bits per heavy atom. The predicted octanol–water partition coefficient (Wildman–Crippen LogP) is 2.33. The van der Waals surface area contributed by atoms with E-state index in [-0.39, 0.29) is 6.04 Å². The first kappa shape index (κ1) is 11.1. The Kier molecular flexibility index (Phi) is 2.66. The van der Waals surface area contributed by atoms with E-state index in [1.807, 2.05) is 0 Å². The van der Waals surface area contributed by atoms with Crippen molar-refractivity contribution in [3.63, 3.8) is 0 Å². The normalized spacial score (nSPS) is 14.6. The van der Waals surface area contributed by atoms with Crippen LogP contribution in [-0.2, 0) is 12.8 Å². The van der Waals surface area contributed by atoms with Crippen LogP contribution in [0, 0.1) is 11.6 Å². The average molecular weight is 247 g/mol. The minimum absolute atomic E-state index is 0.0867. The number of hydrogen-bond donors (Lipinski definition) is 1. The maximum absolute atomic E-state index is 13.1. The second kappa shape index (κ2) is 4.33. The predicted molar refractivity (Wildman–Crippen MR) is 63.2 cm³/mol. The lowest BCUT2D eigenvalue weighted by Crippen LogP contribution is -2.20. The molecule has 0 aliphatic heterocycles. The van der Waals surface area contributed by atoms with Crippen LogP contribution in [0.1, 0.15) is 11.1 Å².